The Labute approximate surface area is 487 Å². The Balaban J connectivity index is 0.000000333. The first-order valence-electron chi connectivity index (χ1n) is 26.2. The van der Waals surface area contributed by atoms with Gasteiger partial charge in [-0.3, -0.25) is 19.4 Å². The number of halogens is 5. The normalized spacial score (nSPS) is 16.2. The molecule has 0 radical (unpaired) electrons. The molecule has 0 saturated carbocycles. The van der Waals surface area contributed by atoms with Crippen LogP contribution in [0.1, 0.15) is 47.2 Å². The summed E-state index contributed by atoms with van der Waals surface area (Å²) in [5, 5.41) is 8.38. The number of alkyl carbamates (subject to hydrolysis) is 1. The lowest BCUT2D eigenvalue weighted by molar-refractivity contribution is -0.132. The van der Waals surface area contributed by atoms with E-state index in [0.29, 0.717) is 105 Å². The fraction of sp³-hybridized carbons (Fsp3) is 0.526. The molecule has 6 rings (SSSR count). The van der Waals surface area contributed by atoms with E-state index in [1.54, 1.807) is 43.4 Å². The molecular weight excluding hydrogens is 1110 g/mol. The van der Waals surface area contributed by atoms with Gasteiger partial charge in [0.05, 0.1) is 111 Å². The van der Waals surface area contributed by atoms with Crippen molar-refractivity contribution in [3.63, 3.8) is 0 Å². The number of likely N-dealkylation sites (N-methyl/N-ethyl adjacent to an activating group) is 2. The van der Waals surface area contributed by atoms with Gasteiger partial charge in [-0.05, 0) is 65.9 Å². The zero-order valence-electron chi connectivity index (χ0n) is 45.4. The summed E-state index contributed by atoms with van der Waals surface area (Å²) in [4.78, 5) is 47.1. The number of ether oxygens (including phenoxy) is 7. The number of carbonyl (C=O) groups is 3. The van der Waals surface area contributed by atoms with Crippen LogP contribution in [0.3, 0.4) is 0 Å². The molecule has 2 N–H and O–H groups in total. The van der Waals surface area contributed by atoms with Crippen LogP contribution in [0.15, 0.2) is 97.1 Å². The van der Waals surface area contributed by atoms with E-state index in [0.717, 1.165) is 67.8 Å². The average Bonchev–Trinajstić information content (AvgIpc) is 4.10. The predicted octanol–water partition coefficient (Wildman–Crippen LogP) is 8.72. The molecule has 78 heavy (non-hydrogen) atoms. The van der Waals surface area contributed by atoms with Crippen molar-refractivity contribution in [1.29, 1.82) is 0 Å². The molecule has 0 aromatic heterocycles. The van der Waals surface area contributed by atoms with E-state index in [-0.39, 0.29) is 61.8 Å². The molecule has 0 unspecified atom stereocenters. The highest BCUT2D eigenvalue weighted by atomic mass is 35.5. The Morgan fingerprint density at radius 1 is 0.551 bits per heavy atom. The number of hydrogen-bond donors (Lipinski definition) is 2. The molecular formula is C57H79Cl5N6O10. The lowest BCUT2D eigenvalue weighted by Crippen LogP contribution is -2.41. The van der Waals surface area contributed by atoms with Crippen LogP contribution < -0.4 is 10.6 Å². The Hall–Kier alpha value is -3.82. The van der Waals surface area contributed by atoms with Crippen LogP contribution in [-0.4, -0.2) is 196 Å². The lowest BCUT2D eigenvalue weighted by atomic mass is 10.0. The highest BCUT2D eigenvalue weighted by molar-refractivity contribution is 6.42. The minimum Gasteiger partial charge on any atom is -0.447 e. The first-order valence-corrected chi connectivity index (χ1v) is 27.8. The lowest BCUT2D eigenvalue weighted by Gasteiger charge is -2.32. The average molecular weight is 1190 g/mol. The van der Waals surface area contributed by atoms with Crippen molar-refractivity contribution in [3.05, 3.63) is 139 Å². The van der Waals surface area contributed by atoms with E-state index >= 15 is 0 Å². The largest absolute Gasteiger partial charge is 0.447 e. The van der Waals surface area contributed by atoms with Gasteiger partial charge in [0.2, 0.25) is 11.8 Å². The molecule has 2 aliphatic heterocycles. The molecule has 4 aromatic rings. The second-order valence-corrected chi connectivity index (χ2v) is 20.5. The number of hydrogen-bond acceptors (Lipinski definition) is 13. The van der Waals surface area contributed by atoms with Crippen LogP contribution in [0.2, 0.25) is 20.1 Å². The molecule has 0 bridgehead atoms. The molecule has 2 fully saturated rings. The number of likely N-dealkylation sites (tertiary alicyclic amines) is 2. The fourth-order valence-corrected chi connectivity index (χ4v) is 9.58. The van der Waals surface area contributed by atoms with Gasteiger partial charge in [0.15, 0.2) is 0 Å². The standard InChI is InChI=1S/C29H39Cl2N3O6.C28H39Cl2N3O4.ClH/c1-33(28(35)19-22-8-9-25(30)26(31)18-22)27(23-6-4-3-5-7-23)21-34-11-10-24(20-34)32-29(36)40-17-16-39-15-14-38-13-12-37-2;1-32(28(34)19-22-8-9-25(29)26(30)18-22)27(23-6-4-3-5-7-23)21-33-12-10-24(20-33)31-11-13-36-16-17-37-15-14-35-2;/h3-9,18,24,27H,10-17,19-21H2,1-2H3,(H,32,36);3-9,18,24,27,31H,10-17,19-21H2,1-2H3;1H/t2*24-,27+;/m00./s1. The van der Waals surface area contributed by atoms with E-state index in [1.165, 1.54) is 0 Å². The van der Waals surface area contributed by atoms with Gasteiger partial charge < -0.3 is 53.6 Å². The number of rotatable bonds is 32. The highest BCUT2D eigenvalue weighted by Gasteiger charge is 2.31. The van der Waals surface area contributed by atoms with Crippen molar-refractivity contribution in [1.82, 2.24) is 30.2 Å². The summed E-state index contributed by atoms with van der Waals surface area (Å²) >= 11 is 24.4. The fourth-order valence-electron chi connectivity index (χ4n) is 8.93. The molecule has 2 heterocycles. The maximum absolute atomic E-state index is 13.3. The third-order valence-corrected chi connectivity index (χ3v) is 14.7. The van der Waals surface area contributed by atoms with Gasteiger partial charge >= 0.3 is 6.09 Å². The molecule has 16 nitrogen and oxygen atoms in total. The topological polar surface area (TPSA) is 153 Å². The van der Waals surface area contributed by atoms with E-state index < -0.39 is 6.09 Å². The highest BCUT2D eigenvalue weighted by Crippen LogP contribution is 2.28. The predicted molar refractivity (Wildman–Crippen MR) is 311 cm³/mol. The SMILES string of the molecule is COCCOCCOCCN[C@H]1CCN(C[C@H](c2ccccc2)N(C)C(=O)Cc2ccc(Cl)c(Cl)c2)C1.COCCOCCOCCOC(=O)N[C@H]1CCN(C[C@H](c2ccccc2)N(C)C(=O)Cc2ccc(Cl)c(Cl)c2)C1.Cl. The molecule has 4 atom stereocenters. The van der Waals surface area contributed by atoms with Crippen molar-refractivity contribution in [2.75, 3.05) is 147 Å². The van der Waals surface area contributed by atoms with Crippen molar-refractivity contribution < 1.29 is 47.5 Å². The molecule has 21 heteroatoms. The second-order valence-electron chi connectivity index (χ2n) is 18.9. The second kappa shape index (κ2) is 38.0. The third-order valence-electron chi connectivity index (χ3n) is 13.2. The zero-order valence-corrected chi connectivity index (χ0v) is 49.2. The van der Waals surface area contributed by atoms with Gasteiger partial charge in [0.1, 0.15) is 6.61 Å². The molecule has 2 aliphatic rings. The van der Waals surface area contributed by atoms with Gasteiger partial charge in [-0.25, -0.2) is 4.79 Å². The Morgan fingerprint density at radius 2 is 0.962 bits per heavy atom. The van der Waals surface area contributed by atoms with Crippen LogP contribution in [0.25, 0.3) is 0 Å². The first kappa shape index (κ1) is 66.7. The quantitative estimate of drug-likeness (QED) is 0.0449. The van der Waals surface area contributed by atoms with Gasteiger partial charge in [0.25, 0.3) is 0 Å². The van der Waals surface area contributed by atoms with Crippen LogP contribution in [0, 0.1) is 0 Å². The molecule has 3 amide bonds. The zero-order chi connectivity index (χ0) is 55.2. The van der Waals surface area contributed by atoms with Crippen molar-refractivity contribution in [2.24, 2.45) is 0 Å². The van der Waals surface area contributed by atoms with Crippen LogP contribution in [0.4, 0.5) is 4.79 Å². The van der Waals surface area contributed by atoms with Crippen LogP contribution in [-0.2, 0) is 55.6 Å². The number of methoxy groups -OCH3 is 2. The van der Waals surface area contributed by atoms with E-state index in [4.69, 9.17) is 79.6 Å². The molecule has 432 valence electrons. The van der Waals surface area contributed by atoms with E-state index in [2.05, 4.69) is 32.6 Å². The van der Waals surface area contributed by atoms with Crippen molar-refractivity contribution in [2.45, 2.75) is 49.9 Å². The summed E-state index contributed by atoms with van der Waals surface area (Å²) in [5.74, 6) is 0.0258. The maximum atomic E-state index is 13.3. The van der Waals surface area contributed by atoms with Crippen molar-refractivity contribution in [3.8, 4) is 0 Å². The van der Waals surface area contributed by atoms with Gasteiger partial charge in [-0.1, -0.05) is 119 Å². The smallest absolute Gasteiger partial charge is 0.407 e. The minimum atomic E-state index is -0.458. The third kappa shape index (κ3) is 24.5. The molecule has 2 saturated heterocycles. The van der Waals surface area contributed by atoms with Crippen LogP contribution >= 0.6 is 58.8 Å². The van der Waals surface area contributed by atoms with E-state index in [9.17, 15) is 14.4 Å². The van der Waals surface area contributed by atoms with Crippen LogP contribution in [0.5, 0.6) is 0 Å². The van der Waals surface area contributed by atoms with Gasteiger partial charge in [-0.15, -0.1) is 12.4 Å². The Bertz CT molecular complexity index is 2340. The molecule has 0 spiro atoms. The van der Waals surface area contributed by atoms with E-state index in [1.807, 2.05) is 79.7 Å². The summed E-state index contributed by atoms with van der Waals surface area (Å²) in [5.41, 5.74) is 3.84. The number of benzene rings is 4. The summed E-state index contributed by atoms with van der Waals surface area (Å²) in [6.45, 7) is 11.1. The summed E-state index contributed by atoms with van der Waals surface area (Å²) in [6, 6.07) is 31.0. The summed E-state index contributed by atoms with van der Waals surface area (Å²) in [6.07, 6.45) is 1.91. The monoisotopic (exact) mass is 1180 g/mol. The Morgan fingerprint density at radius 3 is 1.41 bits per heavy atom. The number of nitrogens with one attached hydrogen (secondary N) is 2. The summed E-state index contributed by atoms with van der Waals surface area (Å²) < 4.78 is 36.9. The number of amides is 3. The maximum Gasteiger partial charge on any atom is 0.407 e. The molecule has 4 aromatic carbocycles. The van der Waals surface area contributed by atoms with Gasteiger partial charge in [0, 0.05) is 79.7 Å². The summed E-state index contributed by atoms with van der Waals surface area (Å²) in [7, 11) is 7.00. The minimum absolute atomic E-state index is 0. The number of carbonyl (C=O) groups excluding carboxylic acids is 3. The van der Waals surface area contributed by atoms with Crippen molar-refractivity contribution >= 4 is 76.7 Å². The number of nitrogens with zero attached hydrogens (tertiary/aromatic N) is 4. The first-order chi connectivity index (χ1) is 37.3. The molecule has 0 aliphatic carbocycles. The Kier molecular flexibility index (Phi) is 32.5. The van der Waals surface area contributed by atoms with Gasteiger partial charge in [-0.2, -0.15) is 0 Å².